The molecule has 0 saturated carbocycles. The first kappa shape index (κ1) is 9.30. The van der Waals surface area contributed by atoms with Crippen LogP contribution in [-0.4, -0.2) is 11.9 Å². The van der Waals surface area contributed by atoms with Gasteiger partial charge in [0.1, 0.15) is 6.10 Å². The number of ether oxygens (including phenoxy) is 1. The summed E-state index contributed by atoms with van der Waals surface area (Å²) >= 11 is 0. The van der Waals surface area contributed by atoms with Crippen LogP contribution in [0.25, 0.3) is 0 Å². The second kappa shape index (κ2) is 4.29. The highest BCUT2D eigenvalue weighted by Crippen LogP contribution is 2.17. The minimum Gasteiger partial charge on any atom is -0.497 e. The molecule has 0 aromatic heterocycles. The van der Waals surface area contributed by atoms with Gasteiger partial charge in [-0.2, -0.15) is 0 Å². The van der Waals surface area contributed by atoms with Crippen LogP contribution in [0.2, 0.25) is 0 Å². The molecule has 0 aromatic rings. The summed E-state index contributed by atoms with van der Waals surface area (Å²) in [6.45, 7) is 3.95. The molecule has 0 N–H and O–H groups in total. The van der Waals surface area contributed by atoms with E-state index >= 15 is 0 Å². The number of ketones is 1. The van der Waals surface area contributed by atoms with Crippen molar-refractivity contribution in [2.45, 2.75) is 45.6 Å². The molecule has 1 aliphatic heterocycles. The van der Waals surface area contributed by atoms with E-state index in [9.17, 15) is 4.79 Å². The van der Waals surface area contributed by atoms with E-state index in [0.717, 1.165) is 24.8 Å². The fourth-order valence-electron chi connectivity index (χ4n) is 1.28. The summed E-state index contributed by atoms with van der Waals surface area (Å²) in [5.41, 5.74) is 0.753. The zero-order valence-corrected chi connectivity index (χ0v) is 7.80. The predicted octanol–water partition coefficient (Wildman–Crippen LogP) is 2.44. The van der Waals surface area contributed by atoms with Gasteiger partial charge in [-0.25, -0.2) is 0 Å². The lowest BCUT2D eigenvalue weighted by Crippen LogP contribution is -2.21. The topological polar surface area (TPSA) is 26.3 Å². The van der Waals surface area contributed by atoms with Crippen LogP contribution in [0, 0.1) is 0 Å². The van der Waals surface area contributed by atoms with Gasteiger partial charge in [0.15, 0.2) is 5.78 Å². The molecule has 0 radical (unpaired) electrons. The first-order valence-corrected chi connectivity index (χ1v) is 4.59. The number of hydrogen-bond donors (Lipinski definition) is 0. The maximum atomic E-state index is 11.2. The lowest BCUT2D eigenvalue weighted by Gasteiger charge is -2.20. The molecule has 0 aromatic carbocycles. The van der Waals surface area contributed by atoms with Gasteiger partial charge in [-0.3, -0.25) is 4.79 Å². The normalized spacial score (nSPS) is 23.3. The molecule has 1 atom stereocenters. The van der Waals surface area contributed by atoms with Crippen LogP contribution < -0.4 is 0 Å². The molecule has 0 fully saturated rings. The SMILES string of the molecule is CCCCC1CC(=O)C(C)=CO1. The molecule has 0 spiro atoms. The van der Waals surface area contributed by atoms with E-state index in [1.54, 1.807) is 13.2 Å². The maximum absolute atomic E-state index is 11.2. The van der Waals surface area contributed by atoms with Gasteiger partial charge in [0.25, 0.3) is 0 Å². The molecule has 1 heterocycles. The second-order valence-corrected chi connectivity index (χ2v) is 3.33. The Morgan fingerprint density at radius 2 is 2.42 bits per heavy atom. The smallest absolute Gasteiger partial charge is 0.165 e. The quantitative estimate of drug-likeness (QED) is 0.647. The third kappa shape index (κ3) is 2.36. The van der Waals surface area contributed by atoms with Crippen molar-refractivity contribution in [1.82, 2.24) is 0 Å². The summed E-state index contributed by atoms with van der Waals surface area (Å²) in [5, 5.41) is 0. The van der Waals surface area contributed by atoms with Crippen LogP contribution in [0.1, 0.15) is 39.5 Å². The molecule has 2 heteroatoms. The molecule has 2 nitrogen and oxygen atoms in total. The molecule has 12 heavy (non-hydrogen) atoms. The van der Waals surface area contributed by atoms with Crippen LogP contribution >= 0.6 is 0 Å². The van der Waals surface area contributed by atoms with Crippen molar-refractivity contribution in [3.8, 4) is 0 Å². The number of Topliss-reactive ketones (excluding diaryl/α,β-unsaturated/α-hetero) is 1. The largest absolute Gasteiger partial charge is 0.497 e. The molecule has 68 valence electrons. The van der Waals surface area contributed by atoms with Crippen LogP contribution in [0.5, 0.6) is 0 Å². The molecular weight excluding hydrogens is 152 g/mol. The first-order valence-electron chi connectivity index (χ1n) is 4.59. The standard InChI is InChI=1S/C10H16O2/c1-3-4-5-9-6-10(11)8(2)7-12-9/h7,9H,3-6H2,1-2H3. The van der Waals surface area contributed by atoms with Gasteiger partial charge in [0.2, 0.25) is 0 Å². The van der Waals surface area contributed by atoms with Crippen LogP contribution in [0.4, 0.5) is 0 Å². The molecule has 1 aliphatic rings. The number of hydrogen-bond acceptors (Lipinski definition) is 2. The number of carbonyl (C=O) groups excluding carboxylic acids is 1. The van der Waals surface area contributed by atoms with Crippen molar-refractivity contribution < 1.29 is 9.53 Å². The maximum Gasteiger partial charge on any atom is 0.165 e. The average molecular weight is 168 g/mol. The fraction of sp³-hybridized carbons (Fsp3) is 0.700. The Morgan fingerprint density at radius 3 is 3.00 bits per heavy atom. The summed E-state index contributed by atoms with van der Waals surface area (Å²) in [4.78, 5) is 11.2. The molecule has 0 bridgehead atoms. The lowest BCUT2D eigenvalue weighted by molar-refractivity contribution is -0.119. The van der Waals surface area contributed by atoms with E-state index in [2.05, 4.69) is 6.92 Å². The Kier molecular flexibility index (Phi) is 3.32. The van der Waals surface area contributed by atoms with Gasteiger partial charge in [0.05, 0.1) is 6.26 Å². The molecule has 1 rings (SSSR count). The highest BCUT2D eigenvalue weighted by Gasteiger charge is 2.19. The van der Waals surface area contributed by atoms with E-state index < -0.39 is 0 Å². The van der Waals surface area contributed by atoms with E-state index in [0.29, 0.717) is 6.42 Å². The monoisotopic (exact) mass is 168 g/mol. The van der Waals surface area contributed by atoms with E-state index in [4.69, 9.17) is 4.74 Å². The third-order valence-corrected chi connectivity index (χ3v) is 2.17. The van der Waals surface area contributed by atoms with Crippen molar-refractivity contribution >= 4 is 5.78 Å². The zero-order chi connectivity index (χ0) is 8.97. The van der Waals surface area contributed by atoms with Crippen molar-refractivity contribution in [2.24, 2.45) is 0 Å². The third-order valence-electron chi connectivity index (χ3n) is 2.17. The zero-order valence-electron chi connectivity index (χ0n) is 7.80. The Balaban J connectivity index is 2.37. The van der Waals surface area contributed by atoms with E-state index in [-0.39, 0.29) is 11.9 Å². The summed E-state index contributed by atoms with van der Waals surface area (Å²) in [6, 6.07) is 0. The summed E-state index contributed by atoms with van der Waals surface area (Å²) < 4.78 is 5.38. The van der Waals surface area contributed by atoms with Gasteiger partial charge in [-0.05, 0) is 13.3 Å². The van der Waals surface area contributed by atoms with Crippen molar-refractivity contribution in [3.05, 3.63) is 11.8 Å². The van der Waals surface area contributed by atoms with Gasteiger partial charge < -0.3 is 4.74 Å². The Hall–Kier alpha value is -0.790. The first-order chi connectivity index (χ1) is 5.74. The Bertz CT molecular complexity index is 194. The Morgan fingerprint density at radius 1 is 1.67 bits per heavy atom. The van der Waals surface area contributed by atoms with Crippen molar-refractivity contribution in [1.29, 1.82) is 0 Å². The number of unbranched alkanes of at least 4 members (excludes halogenated alkanes) is 1. The minimum atomic E-state index is 0.140. The Labute approximate surface area is 73.6 Å². The number of rotatable bonds is 3. The molecular formula is C10H16O2. The van der Waals surface area contributed by atoms with Crippen molar-refractivity contribution in [2.75, 3.05) is 0 Å². The van der Waals surface area contributed by atoms with Crippen molar-refractivity contribution in [3.63, 3.8) is 0 Å². The molecule has 0 saturated heterocycles. The summed E-state index contributed by atoms with van der Waals surface area (Å²) in [5.74, 6) is 0.238. The molecule has 1 unspecified atom stereocenters. The summed E-state index contributed by atoms with van der Waals surface area (Å²) in [6.07, 6.45) is 5.63. The molecule has 0 amide bonds. The van der Waals surface area contributed by atoms with Crippen LogP contribution in [0.3, 0.4) is 0 Å². The molecule has 0 aliphatic carbocycles. The van der Waals surface area contributed by atoms with E-state index in [1.165, 1.54) is 0 Å². The van der Waals surface area contributed by atoms with Gasteiger partial charge in [-0.15, -0.1) is 0 Å². The lowest BCUT2D eigenvalue weighted by atomic mass is 10.0. The van der Waals surface area contributed by atoms with E-state index in [1.807, 2.05) is 0 Å². The minimum absolute atomic E-state index is 0.140. The van der Waals surface area contributed by atoms with Crippen LogP contribution in [0.15, 0.2) is 11.8 Å². The average Bonchev–Trinajstić information content (AvgIpc) is 2.07. The number of allylic oxidation sites excluding steroid dienone is 1. The van der Waals surface area contributed by atoms with Gasteiger partial charge in [0, 0.05) is 12.0 Å². The fourth-order valence-corrected chi connectivity index (χ4v) is 1.28. The highest BCUT2D eigenvalue weighted by atomic mass is 16.5. The second-order valence-electron chi connectivity index (χ2n) is 3.33. The summed E-state index contributed by atoms with van der Waals surface area (Å²) in [7, 11) is 0. The predicted molar refractivity (Wildman–Crippen MR) is 47.8 cm³/mol. The van der Waals surface area contributed by atoms with Crippen LogP contribution in [-0.2, 0) is 9.53 Å². The van der Waals surface area contributed by atoms with Gasteiger partial charge >= 0.3 is 0 Å². The highest BCUT2D eigenvalue weighted by molar-refractivity contribution is 5.95. The number of carbonyl (C=O) groups is 1. The van der Waals surface area contributed by atoms with Gasteiger partial charge in [-0.1, -0.05) is 19.8 Å².